The van der Waals surface area contributed by atoms with Gasteiger partial charge in [-0.2, -0.15) is 5.10 Å². The van der Waals surface area contributed by atoms with Gasteiger partial charge in [-0.25, -0.2) is 9.07 Å². The molecule has 0 bridgehead atoms. The Bertz CT molecular complexity index is 1100. The zero-order valence-corrected chi connectivity index (χ0v) is 20.4. The predicted molar refractivity (Wildman–Crippen MR) is 125 cm³/mol. The van der Waals surface area contributed by atoms with Crippen molar-refractivity contribution in [1.82, 2.24) is 15.1 Å². The van der Waals surface area contributed by atoms with Crippen LogP contribution in [0.2, 0.25) is 5.02 Å². The molecule has 0 saturated carbocycles. The van der Waals surface area contributed by atoms with Crippen molar-refractivity contribution in [2.45, 2.75) is 64.6 Å². The summed E-state index contributed by atoms with van der Waals surface area (Å²) in [6.45, 7) is 5.45. The minimum atomic E-state index is -1.41. The van der Waals surface area contributed by atoms with Gasteiger partial charge in [-0.15, -0.1) is 0 Å². The van der Waals surface area contributed by atoms with Crippen LogP contribution in [0, 0.1) is 0 Å². The van der Waals surface area contributed by atoms with Crippen molar-refractivity contribution in [3.05, 3.63) is 63.0 Å². The van der Waals surface area contributed by atoms with Crippen LogP contribution in [-0.4, -0.2) is 45.8 Å². The Hall–Kier alpha value is -3.07. The molecule has 184 valence electrons. The van der Waals surface area contributed by atoms with Crippen LogP contribution in [0.25, 0.3) is 0 Å². The Kier molecular flexibility index (Phi) is 9.49. The van der Waals surface area contributed by atoms with Crippen LogP contribution in [0.15, 0.2) is 41.3 Å². The summed E-state index contributed by atoms with van der Waals surface area (Å²) in [5, 5.41) is 7.02. The van der Waals surface area contributed by atoms with Crippen LogP contribution in [0.5, 0.6) is 0 Å². The maximum absolute atomic E-state index is 13.1. The molecule has 1 aromatic heterocycles. The van der Waals surface area contributed by atoms with E-state index in [1.807, 2.05) is 0 Å². The average Bonchev–Trinajstić information content (AvgIpc) is 2.74. The minimum absolute atomic E-state index is 0.146. The van der Waals surface area contributed by atoms with E-state index < -0.39 is 53.9 Å². The molecule has 0 aliphatic carbocycles. The van der Waals surface area contributed by atoms with Gasteiger partial charge in [0.2, 0.25) is 5.91 Å². The summed E-state index contributed by atoms with van der Waals surface area (Å²) in [4.78, 5) is 50.3. The van der Waals surface area contributed by atoms with E-state index in [2.05, 4.69) is 10.4 Å². The lowest BCUT2D eigenvalue weighted by molar-refractivity contribution is -0.156. The fourth-order valence-corrected chi connectivity index (χ4v) is 3.57. The number of carbonyl (C=O) groups is 3. The molecule has 1 N–H and O–H groups in total. The standard InChI is InChI=1S/C24H29ClFN3O5/c1-5-17(22(32)28-19(20(30)13-26)12-21(31)34-24(2,3)4)18-9-10-27-29(23(18)33)14-15-7-6-8-16(25)11-15/h6-11,17,19H,5,12-14H2,1-4H3,(H,28,32). The number of benzene rings is 1. The first-order chi connectivity index (χ1) is 15.9. The van der Waals surface area contributed by atoms with Crippen molar-refractivity contribution in [1.29, 1.82) is 0 Å². The van der Waals surface area contributed by atoms with Crippen LogP contribution in [0.1, 0.15) is 57.6 Å². The smallest absolute Gasteiger partial charge is 0.308 e. The number of ether oxygens (including phenoxy) is 1. The number of amides is 1. The van der Waals surface area contributed by atoms with E-state index in [1.165, 1.54) is 16.9 Å². The number of aromatic nitrogens is 2. The molecule has 2 aromatic rings. The molecule has 2 unspecified atom stereocenters. The Labute approximate surface area is 202 Å². The van der Waals surface area contributed by atoms with Crippen molar-refractivity contribution in [3.63, 3.8) is 0 Å². The van der Waals surface area contributed by atoms with Gasteiger partial charge in [0.1, 0.15) is 18.3 Å². The molecule has 1 aromatic carbocycles. The van der Waals surface area contributed by atoms with E-state index in [9.17, 15) is 23.6 Å². The number of esters is 1. The Morgan fingerprint density at radius 3 is 2.53 bits per heavy atom. The number of nitrogens with one attached hydrogen (secondary N) is 1. The Morgan fingerprint density at radius 2 is 1.94 bits per heavy atom. The summed E-state index contributed by atoms with van der Waals surface area (Å²) in [7, 11) is 0. The second-order valence-electron chi connectivity index (χ2n) is 8.79. The molecule has 1 heterocycles. The van der Waals surface area contributed by atoms with Crippen molar-refractivity contribution < 1.29 is 23.5 Å². The van der Waals surface area contributed by atoms with E-state index >= 15 is 0 Å². The lowest BCUT2D eigenvalue weighted by atomic mass is 9.96. The van der Waals surface area contributed by atoms with Gasteiger partial charge in [0, 0.05) is 16.8 Å². The summed E-state index contributed by atoms with van der Waals surface area (Å²) in [5.74, 6) is -3.31. The first-order valence-electron chi connectivity index (χ1n) is 10.9. The fraction of sp³-hybridized carbons (Fsp3) is 0.458. The summed E-state index contributed by atoms with van der Waals surface area (Å²) >= 11 is 6.01. The maximum Gasteiger partial charge on any atom is 0.308 e. The van der Waals surface area contributed by atoms with E-state index in [0.29, 0.717) is 5.02 Å². The van der Waals surface area contributed by atoms with E-state index in [0.717, 1.165) is 5.56 Å². The predicted octanol–water partition coefficient (Wildman–Crippen LogP) is 3.19. The molecule has 2 atom stereocenters. The molecule has 34 heavy (non-hydrogen) atoms. The largest absolute Gasteiger partial charge is 0.460 e. The van der Waals surface area contributed by atoms with Gasteiger partial charge in [-0.1, -0.05) is 30.7 Å². The van der Waals surface area contributed by atoms with E-state index in [1.54, 1.807) is 52.0 Å². The van der Waals surface area contributed by atoms with E-state index in [4.69, 9.17) is 16.3 Å². The highest BCUT2D eigenvalue weighted by Crippen LogP contribution is 2.18. The first kappa shape index (κ1) is 27.2. The molecule has 2 rings (SSSR count). The average molecular weight is 494 g/mol. The number of halogens is 2. The minimum Gasteiger partial charge on any atom is -0.460 e. The zero-order valence-electron chi connectivity index (χ0n) is 19.6. The molecule has 0 aliphatic heterocycles. The van der Waals surface area contributed by atoms with Gasteiger partial charge in [-0.3, -0.25) is 19.2 Å². The van der Waals surface area contributed by atoms with Crippen LogP contribution in [0.3, 0.4) is 0 Å². The summed E-state index contributed by atoms with van der Waals surface area (Å²) in [6, 6.07) is 6.99. The number of carbonyl (C=O) groups excluding carboxylic acids is 3. The maximum atomic E-state index is 13.1. The van der Waals surface area contributed by atoms with Crippen molar-refractivity contribution in [2.75, 3.05) is 6.67 Å². The van der Waals surface area contributed by atoms with Gasteiger partial charge in [0.15, 0.2) is 5.78 Å². The lowest BCUT2D eigenvalue weighted by Gasteiger charge is -2.23. The second-order valence-corrected chi connectivity index (χ2v) is 9.23. The van der Waals surface area contributed by atoms with Crippen molar-refractivity contribution in [2.24, 2.45) is 0 Å². The monoisotopic (exact) mass is 493 g/mol. The Morgan fingerprint density at radius 1 is 1.24 bits per heavy atom. The number of alkyl halides is 1. The molecule has 0 aliphatic rings. The number of nitrogens with zero attached hydrogens (tertiary/aromatic N) is 2. The number of ketones is 1. The van der Waals surface area contributed by atoms with Crippen LogP contribution < -0.4 is 10.9 Å². The molecular formula is C24H29ClFN3O5. The van der Waals surface area contributed by atoms with Crippen molar-refractivity contribution in [3.8, 4) is 0 Å². The van der Waals surface area contributed by atoms with Crippen LogP contribution in [0.4, 0.5) is 4.39 Å². The van der Waals surface area contributed by atoms with Gasteiger partial charge >= 0.3 is 5.97 Å². The van der Waals surface area contributed by atoms with Crippen molar-refractivity contribution >= 4 is 29.3 Å². The highest BCUT2D eigenvalue weighted by atomic mass is 35.5. The van der Waals surface area contributed by atoms with Gasteiger partial charge < -0.3 is 10.1 Å². The summed E-state index contributed by atoms with van der Waals surface area (Å²) in [6.07, 6.45) is 1.12. The molecule has 0 radical (unpaired) electrons. The third-order valence-corrected chi connectivity index (χ3v) is 5.13. The van der Waals surface area contributed by atoms with Gasteiger partial charge in [-0.05, 0) is 51.0 Å². The molecule has 1 amide bonds. The van der Waals surface area contributed by atoms with Crippen LogP contribution >= 0.6 is 11.6 Å². The summed E-state index contributed by atoms with van der Waals surface area (Å²) in [5.41, 5.74) is -0.366. The molecule has 0 fully saturated rings. The zero-order chi connectivity index (χ0) is 25.5. The third-order valence-electron chi connectivity index (χ3n) is 4.89. The summed E-state index contributed by atoms with van der Waals surface area (Å²) < 4.78 is 19.5. The van der Waals surface area contributed by atoms with Crippen LogP contribution in [-0.2, 0) is 25.7 Å². The van der Waals surface area contributed by atoms with Gasteiger partial charge in [0.05, 0.1) is 18.9 Å². The van der Waals surface area contributed by atoms with Gasteiger partial charge in [0.25, 0.3) is 5.56 Å². The first-order valence-corrected chi connectivity index (χ1v) is 11.2. The SMILES string of the molecule is CCC(C(=O)NC(CC(=O)OC(C)(C)C)C(=O)CF)c1ccnn(Cc2cccc(Cl)c2)c1=O. The molecule has 10 heteroatoms. The number of rotatable bonds is 10. The second kappa shape index (κ2) is 11.9. The highest BCUT2D eigenvalue weighted by molar-refractivity contribution is 6.30. The lowest BCUT2D eigenvalue weighted by Crippen LogP contribution is -2.46. The normalized spacial score (nSPS) is 13.1. The number of hydrogen-bond acceptors (Lipinski definition) is 6. The third kappa shape index (κ3) is 7.76. The number of Topliss-reactive ketones (excluding diaryl/α,β-unsaturated/α-hetero) is 1. The fourth-order valence-electron chi connectivity index (χ4n) is 3.36. The molecule has 0 spiro atoms. The molecule has 0 saturated heterocycles. The quantitative estimate of drug-likeness (QED) is 0.509. The molecular weight excluding hydrogens is 465 g/mol. The number of hydrogen-bond donors (Lipinski definition) is 1. The molecule has 8 nitrogen and oxygen atoms in total. The topological polar surface area (TPSA) is 107 Å². The van der Waals surface area contributed by atoms with E-state index in [-0.39, 0.29) is 18.5 Å². The Balaban J connectivity index is 2.25. The highest BCUT2D eigenvalue weighted by Gasteiger charge is 2.30.